The quantitative estimate of drug-likeness (QED) is 0.749. The summed E-state index contributed by atoms with van der Waals surface area (Å²) in [7, 11) is 0. The highest BCUT2D eigenvalue weighted by Gasteiger charge is 2.16. The highest BCUT2D eigenvalue weighted by molar-refractivity contribution is 7.99. The van der Waals surface area contributed by atoms with Gasteiger partial charge in [0.15, 0.2) is 0 Å². The normalized spacial score (nSPS) is 12.1. The van der Waals surface area contributed by atoms with Crippen LogP contribution in [0, 0.1) is 0 Å². The van der Waals surface area contributed by atoms with Crippen molar-refractivity contribution in [1.29, 1.82) is 0 Å². The summed E-state index contributed by atoms with van der Waals surface area (Å²) in [6.45, 7) is 4.76. The largest absolute Gasteiger partial charge is 0.478 e. The van der Waals surface area contributed by atoms with Crippen LogP contribution >= 0.6 is 23.1 Å². The Kier molecular flexibility index (Phi) is 5.64. The molecule has 1 atom stereocenters. The van der Waals surface area contributed by atoms with E-state index < -0.39 is 5.97 Å². The Morgan fingerprint density at radius 3 is 2.95 bits per heavy atom. The van der Waals surface area contributed by atoms with Gasteiger partial charge in [-0.3, -0.25) is 0 Å². The molecule has 0 fully saturated rings. The zero-order valence-corrected chi connectivity index (χ0v) is 13.6. The van der Waals surface area contributed by atoms with E-state index in [1.54, 1.807) is 29.3 Å². The number of aromatic nitrogens is 1. The highest BCUT2D eigenvalue weighted by atomic mass is 32.2. The van der Waals surface area contributed by atoms with Crippen LogP contribution in [0.4, 0.5) is 5.69 Å². The van der Waals surface area contributed by atoms with Crippen LogP contribution in [0.1, 0.15) is 35.1 Å². The number of thioether (sulfide) groups is 1. The van der Waals surface area contributed by atoms with Crippen molar-refractivity contribution in [2.45, 2.75) is 24.7 Å². The third kappa shape index (κ3) is 3.98. The summed E-state index contributed by atoms with van der Waals surface area (Å²) in [5, 5.41) is 15.7. The predicted molar refractivity (Wildman–Crippen MR) is 88.8 cm³/mol. The molecule has 0 saturated heterocycles. The van der Waals surface area contributed by atoms with Gasteiger partial charge in [0.05, 0.1) is 10.6 Å². The molecule has 2 N–H and O–H groups in total. The monoisotopic (exact) mass is 322 g/mol. The van der Waals surface area contributed by atoms with Crippen molar-refractivity contribution >= 4 is 34.8 Å². The molecule has 2 rings (SSSR count). The molecule has 0 bridgehead atoms. The van der Waals surface area contributed by atoms with Crippen molar-refractivity contribution in [2.75, 3.05) is 17.6 Å². The molecular weight excluding hydrogens is 304 g/mol. The Balaban J connectivity index is 2.15. The number of aromatic carboxylic acids is 1. The third-order valence-electron chi connectivity index (χ3n) is 3.01. The number of hydrogen-bond acceptors (Lipinski definition) is 5. The summed E-state index contributed by atoms with van der Waals surface area (Å²) < 4.78 is 0. The van der Waals surface area contributed by atoms with Gasteiger partial charge < -0.3 is 10.4 Å². The van der Waals surface area contributed by atoms with E-state index in [-0.39, 0.29) is 5.92 Å². The summed E-state index contributed by atoms with van der Waals surface area (Å²) in [5.74, 6) is 0.198. The first kappa shape index (κ1) is 15.9. The number of rotatable bonds is 7. The molecule has 1 unspecified atom stereocenters. The maximum atomic E-state index is 11.5. The molecule has 0 saturated carbocycles. The third-order valence-corrected chi connectivity index (χ3v) is 4.96. The predicted octanol–water partition coefficient (Wildman–Crippen LogP) is 4.17. The lowest BCUT2D eigenvalue weighted by Gasteiger charge is -2.15. The smallest absolute Gasteiger partial charge is 0.338 e. The number of carboxylic acids is 1. The minimum Gasteiger partial charge on any atom is -0.478 e. The number of benzene rings is 1. The Hall–Kier alpha value is -1.53. The lowest BCUT2D eigenvalue weighted by Crippen LogP contribution is -2.13. The van der Waals surface area contributed by atoms with Gasteiger partial charge in [-0.25, -0.2) is 9.78 Å². The molecule has 0 amide bonds. The molecular formula is C15H18N2O2S2. The Labute approximate surface area is 132 Å². The van der Waals surface area contributed by atoms with Crippen molar-refractivity contribution in [2.24, 2.45) is 0 Å². The number of hydrogen-bond donors (Lipinski definition) is 2. The fraction of sp³-hybridized carbons (Fsp3) is 0.333. The fourth-order valence-corrected chi connectivity index (χ4v) is 3.53. The maximum absolute atomic E-state index is 11.5. The lowest BCUT2D eigenvalue weighted by molar-refractivity contribution is 0.0694. The maximum Gasteiger partial charge on any atom is 0.338 e. The van der Waals surface area contributed by atoms with E-state index in [2.05, 4.69) is 17.2 Å². The summed E-state index contributed by atoms with van der Waals surface area (Å²) >= 11 is 3.16. The van der Waals surface area contributed by atoms with Crippen LogP contribution < -0.4 is 5.32 Å². The topological polar surface area (TPSA) is 62.2 Å². The molecule has 1 aromatic carbocycles. The second-order valence-electron chi connectivity index (χ2n) is 4.57. The standard InChI is InChI=1S/C15H18N2O2S2/c1-3-20-12-6-4-5-11(13(12)15(18)19)17-9-10(2)14-16-7-8-21-14/h4-8,10,17H,3,9H2,1-2H3,(H,18,19). The first-order valence-electron chi connectivity index (χ1n) is 6.75. The van der Waals surface area contributed by atoms with Crippen LogP contribution in [0.15, 0.2) is 34.7 Å². The van der Waals surface area contributed by atoms with Crippen LogP contribution in [0.5, 0.6) is 0 Å². The molecule has 4 nitrogen and oxygen atoms in total. The molecule has 2 aromatic rings. The SMILES string of the molecule is CCSc1cccc(NCC(C)c2nccs2)c1C(=O)O. The van der Waals surface area contributed by atoms with Crippen molar-refractivity contribution in [3.05, 3.63) is 40.3 Å². The molecule has 6 heteroatoms. The molecule has 21 heavy (non-hydrogen) atoms. The molecule has 0 aliphatic carbocycles. The van der Waals surface area contributed by atoms with Gasteiger partial charge in [-0.2, -0.15) is 0 Å². The van der Waals surface area contributed by atoms with Gasteiger partial charge in [-0.05, 0) is 17.9 Å². The Morgan fingerprint density at radius 2 is 2.33 bits per heavy atom. The Morgan fingerprint density at radius 1 is 1.52 bits per heavy atom. The van der Waals surface area contributed by atoms with Crippen molar-refractivity contribution in [3.8, 4) is 0 Å². The fourth-order valence-electron chi connectivity index (χ4n) is 2.00. The lowest BCUT2D eigenvalue weighted by atomic mass is 10.1. The van der Waals surface area contributed by atoms with Gasteiger partial charge in [-0.1, -0.05) is 19.9 Å². The average molecular weight is 322 g/mol. The van der Waals surface area contributed by atoms with Crippen molar-refractivity contribution in [1.82, 2.24) is 4.98 Å². The summed E-state index contributed by atoms with van der Waals surface area (Å²) in [4.78, 5) is 16.6. The van der Waals surface area contributed by atoms with Crippen molar-refractivity contribution in [3.63, 3.8) is 0 Å². The van der Waals surface area contributed by atoms with E-state index in [0.717, 1.165) is 15.7 Å². The number of carboxylic acid groups (broad SMARTS) is 1. The van der Waals surface area contributed by atoms with Gasteiger partial charge in [0.25, 0.3) is 0 Å². The number of nitrogens with one attached hydrogen (secondary N) is 1. The van der Waals surface area contributed by atoms with Crippen LogP contribution in [0.25, 0.3) is 0 Å². The number of carbonyl (C=O) groups is 1. The van der Waals surface area contributed by atoms with E-state index >= 15 is 0 Å². The van der Waals surface area contributed by atoms with Gasteiger partial charge >= 0.3 is 5.97 Å². The van der Waals surface area contributed by atoms with E-state index in [1.807, 2.05) is 30.5 Å². The zero-order valence-electron chi connectivity index (χ0n) is 12.0. The minimum atomic E-state index is -0.893. The van der Waals surface area contributed by atoms with Crippen molar-refractivity contribution < 1.29 is 9.90 Å². The van der Waals surface area contributed by atoms with Crippen LogP contribution in [-0.4, -0.2) is 28.4 Å². The molecule has 1 heterocycles. The van der Waals surface area contributed by atoms with E-state index in [1.165, 1.54) is 0 Å². The molecule has 0 aliphatic heterocycles. The van der Waals surface area contributed by atoms with Gasteiger partial charge in [0.1, 0.15) is 0 Å². The number of nitrogens with zero attached hydrogens (tertiary/aromatic N) is 1. The molecule has 0 aliphatic rings. The first-order chi connectivity index (χ1) is 10.1. The second-order valence-corrected chi connectivity index (χ2v) is 6.80. The summed E-state index contributed by atoms with van der Waals surface area (Å²) in [6.07, 6.45) is 1.79. The van der Waals surface area contributed by atoms with E-state index in [9.17, 15) is 9.90 Å². The number of anilines is 1. The Bertz CT molecular complexity index is 600. The van der Waals surface area contributed by atoms with Crippen LogP contribution in [-0.2, 0) is 0 Å². The average Bonchev–Trinajstić information content (AvgIpc) is 2.99. The number of thiazole rings is 1. The molecule has 112 valence electrons. The van der Waals surface area contributed by atoms with E-state index in [4.69, 9.17) is 0 Å². The van der Waals surface area contributed by atoms with Crippen LogP contribution in [0.3, 0.4) is 0 Å². The van der Waals surface area contributed by atoms with Gasteiger partial charge in [0, 0.05) is 34.6 Å². The summed E-state index contributed by atoms with van der Waals surface area (Å²) in [6, 6.07) is 5.56. The van der Waals surface area contributed by atoms with Gasteiger partial charge in [0.2, 0.25) is 0 Å². The molecule has 0 radical (unpaired) electrons. The van der Waals surface area contributed by atoms with Gasteiger partial charge in [-0.15, -0.1) is 23.1 Å². The summed E-state index contributed by atoms with van der Waals surface area (Å²) in [5.41, 5.74) is 1.03. The zero-order chi connectivity index (χ0) is 15.2. The first-order valence-corrected chi connectivity index (χ1v) is 8.62. The highest BCUT2D eigenvalue weighted by Crippen LogP contribution is 2.29. The minimum absolute atomic E-state index is 0.245. The molecule has 0 spiro atoms. The van der Waals surface area contributed by atoms with Crippen LogP contribution in [0.2, 0.25) is 0 Å². The molecule has 1 aromatic heterocycles. The van der Waals surface area contributed by atoms with E-state index in [0.29, 0.717) is 17.8 Å². The second kappa shape index (κ2) is 7.47.